The molecule has 0 fully saturated rings. The Balaban J connectivity index is 1.91. The number of rotatable bonds is 0. The van der Waals surface area contributed by atoms with Gasteiger partial charge in [0, 0.05) is 16.8 Å². The summed E-state index contributed by atoms with van der Waals surface area (Å²) in [7, 11) is 2.10. The van der Waals surface area contributed by atoms with Crippen molar-refractivity contribution in [1.82, 2.24) is 0 Å². The van der Waals surface area contributed by atoms with E-state index in [9.17, 15) is 0 Å². The van der Waals surface area contributed by atoms with Crippen LogP contribution in [0.3, 0.4) is 0 Å². The monoisotopic (exact) mass is 352 g/mol. The molecule has 3 heterocycles. The predicted molar refractivity (Wildman–Crippen MR) is 107 cm³/mol. The van der Waals surface area contributed by atoms with Crippen LogP contribution in [0, 0.1) is 13.8 Å². The van der Waals surface area contributed by atoms with E-state index in [1.807, 2.05) is 0 Å². The highest BCUT2D eigenvalue weighted by atomic mass is 16.5. The number of pyridine rings is 1. The average Bonchev–Trinajstić information content (AvgIpc) is 3.04. The molecular weight excluding hydrogens is 334 g/mol. The van der Waals surface area contributed by atoms with E-state index in [1.165, 1.54) is 16.8 Å². The third kappa shape index (κ3) is 1.78. The Morgan fingerprint density at radius 3 is 2.59 bits per heavy atom. The normalized spacial score (nSPS) is 12.6. The van der Waals surface area contributed by atoms with Gasteiger partial charge in [0.15, 0.2) is 11.9 Å². The Morgan fingerprint density at radius 2 is 1.70 bits per heavy atom. The molecule has 1 aliphatic heterocycles. The zero-order chi connectivity index (χ0) is 18.3. The van der Waals surface area contributed by atoms with Crippen molar-refractivity contribution in [3.05, 3.63) is 65.9 Å². The minimum absolute atomic E-state index is 0.873. The van der Waals surface area contributed by atoms with Crippen molar-refractivity contribution in [2.24, 2.45) is 7.05 Å². The lowest BCUT2D eigenvalue weighted by Gasteiger charge is -2.21. The van der Waals surface area contributed by atoms with E-state index >= 15 is 0 Å². The number of nitrogens with zero attached hydrogens (tertiary/aromatic N) is 1. The molecule has 6 rings (SSSR count). The van der Waals surface area contributed by atoms with Gasteiger partial charge in [-0.25, -0.2) is 4.57 Å². The van der Waals surface area contributed by atoms with Gasteiger partial charge in [-0.15, -0.1) is 0 Å². The van der Waals surface area contributed by atoms with Crippen molar-refractivity contribution in [3.63, 3.8) is 0 Å². The van der Waals surface area contributed by atoms with E-state index in [1.54, 1.807) is 0 Å². The molecular formula is C24H18NO2+. The maximum absolute atomic E-state index is 6.53. The first-order chi connectivity index (χ1) is 13.1. The Bertz CT molecular complexity index is 1430. The van der Waals surface area contributed by atoms with Crippen LogP contribution in [0.2, 0.25) is 0 Å². The number of aromatic nitrogens is 1. The summed E-state index contributed by atoms with van der Waals surface area (Å²) in [5.74, 6) is 1.80. The second kappa shape index (κ2) is 4.89. The summed E-state index contributed by atoms with van der Waals surface area (Å²) >= 11 is 0. The zero-order valence-electron chi connectivity index (χ0n) is 15.5. The molecule has 5 aromatic rings. The summed E-state index contributed by atoms with van der Waals surface area (Å²) in [5.41, 5.74) is 6.53. The molecule has 0 amide bonds. The largest absolute Gasteiger partial charge is 0.456 e. The van der Waals surface area contributed by atoms with Crippen LogP contribution in [0.4, 0.5) is 0 Å². The molecule has 0 radical (unpaired) electrons. The van der Waals surface area contributed by atoms with Gasteiger partial charge in [0.25, 0.3) is 0 Å². The number of hydrogen-bond donors (Lipinski definition) is 0. The lowest BCUT2D eigenvalue weighted by atomic mass is 9.94. The van der Waals surface area contributed by atoms with Crippen LogP contribution < -0.4 is 9.30 Å². The van der Waals surface area contributed by atoms with E-state index in [4.69, 9.17) is 9.15 Å². The van der Waals surface area contributed by atoms with Crippen molar-refractivity contribution < 1.29 is 13.7 Å². The molecule has 3 heteroatoms. The van der Waals surface area contributed by atoms with Crippen LogP contribution in [-0.2, 0) is 7.05 Å². The minimum atomic E-state index is 0.873. The van der Waals surface area contributed by atoms with E-state index in [-0.39, 0.29) is 0 Å². The Morgan fingerprint density at radius 1 is 0.889 bits per heavy atom. The highest BCUT2D eigenvalue weighted by molar-refractivity contribution is 6.18. The van der Waals surface area contributed by atoms with E-state index in [0.717, 1.165) is 49.8 Å². The molecule has 27 heavy (non-hydrogen) atoms. The average molecular weight is 352 g/mol. The molecule has 0 unspecified atom stereocenters. The van der Waals surface area contributed by atoms with Crippen LogP contribution in [0.5, 0.6) is 11.5 Å². The van der Waals surface area contributed by atoms with Crippen molar-refractivity contribution in [3.8, 4) is 22.8 Å². The predicted octanol–water partition coefficient (Wildman–Crippen LogP) is 5.95. The zero-order valence-corrected chi connectivity index (χ0v) is 15.5. The molecule has 3 nitrogen and oxygen atoms in total. The number of hydrogen-bond acceptors (Lipinski definition) is 2. The highest BCUT2D eigenvalue weighted by Gasteiger charge is 2.31. The fraction of sp³-hybridized carbons (Fsp3) is 0.125. The third-order valence-corrected chi connectivity index (χ3v) is 5.72. The van der Waals surface area contributed by atoms with Crippen LogP contribution in [0.15, 0.2) is 59.1 Å². The van der Waals surface area contributed by atoms with Crippen molar-refractivity contribution in [1.29, 1.82) is 0 Å². The number of benzene rings is 3. The quantitative estimate of drug-likeness (QED) is 0.316. The first kappa shape index (κ1) is 14.8. The second-order valence-corrected chi connectivity index (χ2v) is 7.42. The van der Waals surface area contributed by atoms with Gasteiger partial charge in [0.2, 0.25) is 5.69 Å². The minimum Gasteiger partial charge on any atom is -0.456 e. The SMILES string of the molecule is Cc1cccc2c1-c1c3c(c4c(cc3cc[n+]1C)oc1c(C)cccc14)O2. The molecule has 0 spiro atoms. The summed E-state index contributed by atoms with van der Waals surface area (Å²) < 4.78 is 15.0. The van der Waals surface area contributed by atoms with E-state index in [0.29, 0.717) is 0 Å². The fourth-order valence-electron chi connectivity index (χ4n) is 4.45. The van der Waals surface area contributed by atoms with Crippen molar-refractivity contribution in [2.75, 3.05) is 0 Å². The molecule has 0 N–H and O–H groups in total. The standard InChI is InChI=1S/C24H18NO2/c1-13-6-5-9-17-19(13)22-20-15(10-11-25(22)3)12-18-21(24(20)26-17)16-8-4-7-14(2)23(16)27-18/h4-12H,1-3H3/q+1. The van der Waals surface area contributed by atoms with E-state index in [2.05, 4.69) is 80.2 Å². The number of aryl methyl sites for hydroxylation is 3. The first-order valence-corrected chi connectivity index (χ1v) is 9.18. The van der Waals surface area contributed by atoms with Crippen molar-refractivity contribution >= 4 is 32.7 Å². The van der Waals surface area contributed by atoms with Gasteiger partial charge in [-0.2, -0.15) is 0 Å². The Labute approximate surface area is 156 Å². The number of furan rings is 1. The number of fused-ring (bicyclic) bond motifs is 6. The highest BCUT2D eigenvalue weighted by Crippen LogP contribution is 2.51. The van der Waals surface area contributed by atoms with Gasteiger partial charge in [0.05, 0.1) is 16.3 Å². The first-order valence-electron chi connectivity index (χ1n) is 9.18. The topological polar surface area (TPSA) is 26.2 Å². The second-order valence-electron chi connectivity index (χ2n) is 7.42. The van der Waals surface area contributed by atoms with Crippen LogP contribution in [0.25, 0.3) is 44.0 Å². The Kier molecular flexibility index (Phi) is 2.68. The van der Waals surface area contributed by atoms with Gasteiger partial charge in [-0.05, 0) is 37.1 Å². The molecule has 0 saturated carbocycles. The number of para-hydroxylation sites is 1. The van der Waals surface area contributed by atoms with E-state index < -0.39 is 0 Å². The van der Waals surface area contributed by atoms with Crippen LogP contribution in [0.1, 0.15) is 11.1 Å². The smallest absolute Gasteiger partial charge is 0.228 e. The van der Waals surface area contributed by atoms with Gasteiger partial charge >= 0.3 is 0 Å². The number of ether oxygens (including phenoxy) is 1. The van der Waals surface area contributed by atoms with Crippen molar-refractivity contribution in [2.45, 2.75) is 13.8 Å². The summed E-state index contributed by atoms with van der Waals surface area (Å²) in [5, 5.41) is 4.45. The summed E-state index contributed by atoms with van der Waals surface area (Å²) in [6, 6.07) is 16.8. The molecule has 0 bridgehead atoms. The third-order valence-electron chi connectivity index (χ3n) is 5.72. The summed E-state index contributed by atoms with van der Waals surface area (Å²) in [6.07, 6.45) is 2.11. The maximum atomic E-state index is 6.53. The molecule has 0 saturated heterocycles. The van der Waals surface area contributed by atoms with Gasteiger partial charge in [-0.1, -0.05) is 30.3 Å². The lowest BCUT2D eigenvalue weighted by Crippen LogP contribution is -2.31. The molecule has 1 aliphatic rings. The van der Waals surface area contributed by atoms with Crippen LogP contribution >= 0.6 is 0 Å². The Hall–Kier alpha value is -3.33. The van der Waals surface area contributed by atoms with Gasteiger partial charge in [0.1, 0.15) is 24.0 Å². The van der Waals surface area contributed by atoms with Gasteiger partial charge < -0.3 is 9.15 Å². The summed E-state index contributed by atoms with van der Waals surface area (Å²) in [6.45, 7) is 4.22. The molecule has 2 aromatic heterocycles. The molecule has 130 valence electrons. The fourth-order valence-corrected chi connectivity index (χ4v) is 4.45. The van der Waals surface area contributed by atoms with Crippen LogP contribution in [-0.4, -0.2) is 0 Å². The molecule has 0 aliphatic carbocycles. The maximum Gasteiger partial charge on any atom is 0.228 e. The van der Waals surface area contributed by atoms with Gasteiger partial charge in [-0.3, -0.25) is 0 Å². The molecule has 3 aromatic carbocycles. The molecule has 0 atom stereocenters. The summed E-state index contributed by atoms with van der Waals surface area (Å²) in [4.78, 5) is 0. The lowest BCUT2D eigenvalue weighted by molar-refractivity contribution is -0.659.